The van der Waals surface area contributed by atoms with Gasteiger partial charge in [-0.05, 0) is 57.4 Å². The molecule has 2 aliphatic heterocycles. The van der Waals surface area contributed by atoms with E-state index < -0.39 is 0 Å². The van der Waals surface area contributed by atoms with Crippen molar-refractivity contribution in [2.45, 2.75) is 58.3 Å². The summed E-state index contributed by atoms with van der Waals surface area (Å²) in [5.74, 6) is 2.39. The van der Waals surface area contributed by atoms with Gasteiger partial charge in [-0.15, -0.1) is 0 Å². The fourth-order valence-electron chi connectivity index (χ4n) is 4.82. The van der Waals surface area contributed by atoms with Crippen LogP contribution in [0.2, 0.25) is 0 Å². The number of fused-ring (bicyclic) bond motifs is 1. The number of rotatable bonds is 6. The number of anilines is 2. The topological polar surface area (TPSA) is 88.6 Å². The highest BCUT2D eigenvalue weighted by Gasteiger charge is 2.44. The average Bonchev–Trinajstić information content (AvgIpc) is 3.55. The quantitative estimate of drug-likeness (QED) is 0.689. The molecule has 1 aromatic carbocycles. The van der Waals surface area contributed by atoms with Crippen LogP contribution in [-0.4, -0.2) is 48.3 Å². The van der Waals surface area contributed by atoms with Crippen LogP contribution in [-0.2, 0) is 21.7 Å². The molecule has 33 heavy (non-hydrogen) atoms. The van der Waals surface area contributed by atoms with Gasteiger partial charge >= 0.3 is 6.03 Å². The molecular weight excluding hydrogens is 418 g/mol. The molecule has 8 nitrogen and oxygen atoms in total. The van der Waals surface area contributed by atoms with Crippen molar-refractivity contribution in [3.63, 3.8) is 0 Å². The number of urea groups is 1. The van der Waals surface area contributed by atoms with Crippen LogP contribution in [0, 0.1) is 5.92 Å². The zero-order valence-electron chi connectivity index (χ0n) is 19.7. The van der Waals surface area contributed by atoms with Crippen LogP contribution in [0.4, 0.5) is 16.3 Å². The summed E-state index contributed by atoms with van der Waals surface area (Å²) in [6.45, 7) is 9.56. The molecule has 176 valence electrons. The van der Waals surface area contributed by atoms with Gasteiger partial charge in [0.25, 0.3) is 0 Å². The summed E-state index contributed by atoms with van der Waals surface area (Å²) in [7, 11) is 0. The maximum Gasteiger partial charge on any atom is 0.319 e. The van der Waals surface area contributed by atoms with Gasteiger partial charge in [0.15, 0.2) is 5.82 Å². The van der Waals surface area contributed by atoms with E-state index in [0.717, 1.165) is 47.2 Å². The minimum Gasteiger partial charge on any atom is -0.377 e. The first-order chi connectivity index (χ1) is 16.0. The normalized spacial score (nSPS) is 24.5. The number of hydrogen-bond acceptors (Lipinski definition) is 6. The SMILES string of the molecule is CCNC(=O)Nc1ccc(-c2nc(N3CCOC[C@@H]3C)c3c(n2)[C@](C)(CC2CC2)OC3)cc1. The van der Waals surface area contributed by atoms with Crippen molar-refractivity contribution >= 4 is 17.5 Å². The molecule has 3 heterocycles. The molecule has 0 unspecified atom stereocenters. The highest BCUT2D eigenvalue weighted by molar-refractivity contribution is 5.89. The molecule has 0 radical (unpaired) electrons. The summed E-state index contributed by atoms with van der Waals surface area (Å²) in [4.78, 5) is 24.3. The third-order valence-corrected chi connectivity index (χ3v) is 6.77. The van der Waals surface area contributed by atoms with Crippen LogP contribution in [0.3, 0.4) is 0 Å². The molecule has 3 aliphatic rings. The number of nitrogens with zero attached hydrogens (tertiary/aromatic N) is 3. The van der Waals surface area contributed by atoms with E-state index in [2.05, 4.69) is 29.4 Å². The van der Waals surface area contributed by atoms with Crippen molar-refractivity contribution < 1.29 is 14.3 Å². The summed E-state index contributed by atoms with van der Waals surface area (Å²) < 4.78 is 12.1. The summed E-state index contributed by atoms with van der Waals surface area (Å²) >= 11 is 0. The number of hydrogen-bond donors (Lipinski definition) is 2. The zero-order chi connectivity index (χ0) is 23.0. The fourth-order valence-corrected chi connectivity index (χ4v) is 4.82. The van der Waals surface area contributed by atoms with Crippen molar-refractivity contribution in [2.24, 2.45) is 5.92 Å². The molecule has 8 heteroatoms. The van der Waals surface area contributed by atoms with Gasteiger partial charge < -0.3 is 25.0 Å². The molecule has 2 aromatic rings. The van der Waals surface area contributed by atoms with Gasteiger partial charge in [-0.3, -0.25) is 0 Å². The highest BCUT2D eigenvalue weighted by atomic mass is 16.5. The molecule has 2 atom stereocenters. The van der Waals surface area contributed by atoms with E-state index >= 15 is 0 Å². The smallest absolute Gasteiger partial charge is 0.319 e. The van der Waals surface area contributed by atoms with Crippen molar-refractivity contribution in [3.05, 3.63) is 35.5 Å². The Morgan fingerprint density at radius 3 is 2.73 bits per heavy atom. The van der Waals surface area contributed by atoms with Crippen LogP contribution in [0.1, 0.15) is 51.3 Å². The summed E-state index contributed by atoms with van der Waals surface area (Å²) in [6, 6.07) is 7.73. The Balaban J connectivity index is 1.51. The van der Waals surface area contributed by atoms with Gasteiger partial charge in [-0.25, -0.2) is 14.8 Å². The highest BCUT2D eigenvalue weighted by Crippen LogP contribution is 2.48. The lowest BCUT2D eigenvalue weighted by Gasteiger charge is -2.35. The lowest BCUT2D eigenvalue weighted by Crippen LogP contribution is -2.44. The Hall–Kier alpha value is -2.71. The predicted molar refractivity (Wildman–Crippen MR) is 127 cm³/mol. The molecule has 1 saturated heterocycles. The lowest BCUT2D eigenvalue weighted by molar-refractivity contribution is -0.0356. The zero-order valence-corrected chi connectivity index (χ0v) is 19.7. The minimum absolute atomic E-state index is 0.212. The van der Waals surface area contributed by atoms with E-state index in [4.69, 9.17) is 19.4 Å². The van der Waals surface area contributed by atoms with E-state index in [0.29, 0.717) is 32.2 Å². The average molecular weight is 452 g/mol. The largest absolute Gasteiger partial charge is 0.377 e. The van der Waals surface area contributed by atoms with Crippen molar-refractivity contribution in [3.8, 4) is 11.4 Å². The molecule has 2 amide bonds. The van der Waals surface area contributed by atoms with Gasteiger partial charge in [-0.2, -0.15) is 0 Å². The first-order valence-corrected chi connectivity index (χ1v) is 12.0. The van der Waals surface area contributed by atoms with Gasteiger partial charge in [0.05, 0.1) is 31.6 Å². The van der Waals surface area contributed by atoms with E-state index in [1.165, 1.54) is 12.8 Å². The molecule has 2 fully saturated rings. The maximum absolute atomic E-state index is 11.8. The Kier molecular flexibility index (Phi) is 5.97. The van der Waals surface area contributed by atoms with Gasteiger partial charge in [0, 0.05) is 29.9 Å². The Morgan fingerprint density at radius 1 is 1.24 bits per heavy atom. The van der Waals surface area contributed by atoms with Crippen LogP contribution in [0.25, 0.3) is 11.4 Å². The van der Waals surface area contributed by atoms with Crippen LogP contribution >= 0.6 is 0 Å². The van der Waals surface area contributed by atoms with E-state index in [9.17, 15) is 4.79 Å². The van der Waals surface area contributed by atoms with Crippen molar-refractivity contribution in [2.75, 3.05) is 36.5 Å². The first kappa shape index (κ1) is 22.1. The summed E-state index contributed by atoms with van der Waals surface area (Å²) in [5.41, 5.74) is 3.41. The Bertz CT molecular complexity index is 1020. The number of aromatic nitrogens is 2. The molecule has 1 aromatic heterocycles. The number of carbonyl (C=O) groups excluding carboxylic acids is 1. The van der Waals surface area contributed by atoms with Gasteiger partial charge in [0.2, 0.25) is 0 Å². The molecular formula is C25H33N5O3. The standard InChI is InChI=1S/C25H33N5O3/c1-4-26-24(31)27-19-9-7-18(8-10-19)22-28-21-20(15-33-25(21,3)13-17-5-6-17)23(29-22)30-11-12-32-14-16(30)2/h7-10,16-17H,4-6,11-15H2,1-3H3,(H2,26,27,31)/t16-,25-/m0/s1. The maximum atomic E-state index is 11.8. The molecule has 0 bridgehead atoms. The molecule has 0 spiro atoms. The number of morpholine rings is 1. The number of carbonyl (C=O) groups is 1. The predicted octanol–water partition coefficient (Wildman–Crippen LogP) is 4.06. The third-order valence-electron chi connectivity index (χ3n) is 6.77. The Morgan fingerprint density at radius 2 is 2.03 bits per heavy atom. The van der Waals surface area contributed by atoms with E-state index in [1.807, 2.05) is 31.2 Å². The Labute approximate surface area is 195 Å². The number of ether oxygens (including phenoxy) is 2. The van der Waals surface area contributed by atoms with Gasteiger partial charge in [0.1, 0.15) is 11.4 Å². The molecule has 5 rings (SSSR count). The number of benzene rings is 1. The molecule has 1 saturated carbocycles. The third kappa shape index (κ3) is 4.54. The monoisotopic (exact) mass is 451 g/mol. The molecule has 1 aliphatic carbocycles. The van der Waals surface area contributed by atoms with Crippen LogP contribution < -0.4 is 15.5 Å². The first-order valence-electron chi connectivity index (χ1n) is 12.0. The summed E-state index contributed by atoms with van der Waals surface area (Å²) in [5, 5.41) is 5.58. The minimum atomic E-state index is -0.377. The second kappa shape index (κ2) is 8.91. The van der Waals surface area contributed by atoms with Crippen LogP contribution in [0.5, 0.6) is 0 Å². The van der Waals surface area contributed by atoms with Crippen LogP contribution in [0.15, 0.2) is 24.3 Å². The fraction of sp³-hybridized carbons (Fsp3) is 0.560. The molecule has 2 N–H and O–H groups in total. The summed E-state index contributed by atoms with van der Waals surface area (Å²) in [6.07, 6.45) is 3.56. The van der Waals surface area contributed by atoms with E-state index in [-0.39, 0.29) is 17.7 Å². The number of amides is 2. The number of nitrogens with one attached hydrogen (secondary N) is 2. The second-order valence-corrected chi connectivity index (χ2v) is 9.54. The second-order valence-electron chi connectivity index (χ2n) is 9.54. The van der Waals surface area contributed by atoms with Crippen molar-refractivity contribution in [1.82, 2.24) is 15.3 Å². The van der Waals surface area contributed by atoms with E-state index in [1.54, 1.807) is 0 Å². The van der Waals surface area contributed by atoms with Crippen molar-refractivity contribution in [1.29, 1.82) is 0 Å². The lowest BCUT2D eigenvalue weighted by atomic mass is 9.93. The van der Waals surface area contributed by atoms with Gasteiger partial charge in [-0.1, -0.05) is 12.8 Å².